The number of nitrogens with zero attached hydrogens (tertiary/aromatic N) is 1. The van der Waals surface area contributed by atoms with Gasteiger partial charge < -0.3 is 5.32 Å². The molecular weight excluding hydrogens is 364 g/mol. The van der Waals surface area contributed by atoms with Crippen LogP contribution in [0.4, 0.5) is 17.1 Å². The summed E-state index contributed by atoms with van der Waals surface area (Å²) in [5.74, 6) is 0. The van der Waals surface area contributed by atoms with Crippen LogP contribution < -0.4 is 5.32 Å². The van der Waals surface area contributed by atoms with Gasteiger partial charge in [0.1, 0.15) is 5.71 Å². The quantitative estimate of drug-likeness (QED) is 0.469. The molecule has 0 spiro atoms. The zero-order valence-corrected chi connectivity index (χ0v) is 14.4. The Morgan fingerprint density at radius 1 is 0.875 bits per heavy atom. The summed E-state index contributed by atoms with van der Waals surface area (Å²) < 4.78 is 0.972. The van der Waals surface area contributed by atoms with Gasteiger partial charge in [-0.3, -0.25) is 4.79 Å². The average Bonchev–Trinajstić information content (AvgIpc) is 2.63. The Hall–Kier alpha value is -2.72. The van der Waals surface area contributed by atoms with Crippen molar-refractivity contribution in [1.29, 1.82) is 0 Å². The number of hydrogen-bond acceptors (Lipinski definition) is 3. The van der Waals surface area contributed by atoms with E-state index in [0.29, 0.717) is 5.71 Å². The third-order valence-electron chi connectivity index (χ3n) is 3.44. The van der Waals surface area contributed by atoms with Crippen LogP contribution in [0.2, 0.25) is 0 Å². The Morgan fingerprint density at radius 2 is 1.54 bits per heavy atom. The van der Waals surface area contributed by atoms with E-state index in [4.69, 9.17) is 0 Å². The van der Waals surface area contributed by atoms with E-state index in [2.05, 4.69) is 26.2 Å². The first-order chi connectivity index (χ1) is 11.8. The van der Waals surface area contributed by atoms with E-state index in [1.54, 1.807) is 0 Å². The standard InChI is InChI=1S/C20H15BrN2O/c21-15-10-12-17(13-11-15)23-20(14-24)18-8-4-5-9-19(18)22-16-6-2-1-3-7-16/h1-14,22H. The smallest absolute Gasteiger partial charge is 0.169 e. The maximum absolute atomic E-state index is 11.6. The second-order valence-corrected chi connectivity index (χ2v) is 6.04. The first kappa shape index (κ1) is 16.1. The molecule has 118 valence electrons. The van der Waals surface area contributed by atoms with Crippen molar-refractivity contribution < 1.29 is 4.79 Å². The summed E-state index contributed by atoms with van der Waals surface area (Å²) in [6.45, 7) is 0. The van der Waals surface area contributed by atoms with E-state index < -0.39 is 0 Å². The molecule has 0 atom stereocenters. The van der Waals surface area contributed by atoms with E-state index >= 15 is 0 Å². The molecule has 0 heterocycles. The molecule has 0 radical (unpaired) electrons. The number of benzene rings is 3. The number of nitrogens with one attached hydrogen (secondary N) is 1. The van der Waals surface area contributed by atoms with Gasteiger partial charge in [-0.1, -0.05) is 52.3 Å². The van der Waals surface area contributed by atoms with Gasteiger partial charge in [0.05, 0.1) is 5.69 Å². The third kappa shape index (κ3) is 3.97. The second kappa shape index (κ2) is 7.70. The fourth-order valence-corrected chi connectivity index (χ4v) is 2.56. The lowest BCUT2D eigenvalue weighted by molar-refractivity contribution is -0.102. The van der Waals surface area contributed by atoms with E-state index in [1.807, 2.05) is 78.9 Å². The summed E-state index contributed by atoms with van der Waals surface area (Å²) in [5.41, 5.74) is 3.68. The molecule has 0 aliphatic carbocycles. The molecule has 3 aromatic rings. The number of carbonyl (C=O) groups excluding carboxylic acids is 1. The van der Waals surface area contributed by atoms with Crippen molar-refractivity contribution in [2.75, 3.05) is 5.32 Å². The first-order valence-electron chi connectivity index (χ1n) is 7.47. The van der Waals surface area contributed by atoms with Crippen molar-refractivity contribution in [3.8, 4) is 0 Å². The monoisotopic (exact) mass is 378 g/mol. The summed E-state index contributed by atoms with van der Waals surface area (Å²) in [6.07, 6.45) is 0.785. The van der Waals surface area contributed by atoms with E-state index in [0.717, 1.165) is 33.4 Å². The molecule has 3 rings (SSSR count). The maximum atomic E-state index is 11.6. The second-order valence-electron chi connectivity index (χ2n) is 5.13. The minimum atomic E-state index is 0.386. The van der Waals surface area contributed by atoms with Crippen LogP contribution in [0.1, 0.15) is 5.56 Å². The summed E-state index contributed by atoms with van der Waals surface area (Å²) in [7, 11) is 0. The predicted octanol–water partition coefficient (Wildman–Crippen LogP) is 5.51. The van der Waals surface area contributed by atoms with Gasteiger partial charge in [-0.15, -0.1) is 0 Å². The highest BCUT2D eigenvalue weighted by Crippen LogP contribution is 2.23. The number of aldehydes is 1. The molecule has 1 N–H and O–H groups in total. The number of carbonyl (C=O) groups is 1. The molecule has 0 saturated carbocycles. The van der Waals surface area contributed by atoms with Crippen molar-refractivity contribution in [3.63, 3.8) is 0 Å². The summed E-state index contributed by atoms with van der Waals surface area (Å²) in [4.78, 5) is 16.1. The predicted molar refractivity (Wildman–Crippen MR) is 103 cm³/mol. The van der Waals surface area contributed by atoms with Gasteiger partial charge >= 0.3 is 0 Å². The number of hydrogen-bond donors (Lipinski definition) is 1. The van der Waals surface area contributed by atoms with Crippen molar-refractivity contribution in [1.82, 2.24) is 0 Å². The highest BCUT2D eigenvalue weighted by molar-refractivity contribution is 9.10. The number of halogens is 1. The zero-order valence-electron chi connectivity index (χ0n) is 12.8. The Bertz CT molecular complexity index is 858. The highest BCUT2D eigenvalue weighted by atomic mass is 79.9. The summed E-state index contributed by atoms with van der Waals surface area (Å²) in [6, 6.07) is 25.0. The number of para-hydroxylation sites is 2. The lowest BCUT2D eigenvalue weighted by Gasteiger charge is -2.11. The summed E-state index contributed by atoms with van der Waals surface area (Å²) >= 11 is 3.39. The molecule has 0 aromatic heterocycles. The van der Waals surface area contributed by atoms with Crippen molar-refractivity contribution >= 4 is 45.0 Å². The van der Waals surface area contributed by atoms with Gasteiger partial charge in [0.15, 0.2) is 6.29 Å². The molecule has 0 saturated heterocycles. The Labute approximate surface area is 149 Å². The molecular formula is C20H15BrN2O. The van der Waals surface area contributed by atoms with Crippen LogP contribution in [0.3, 0.4) is 0 Å². The molecule has 4 heteroatoms. The zero-order chi connectivity index (χ0) is 16.8. The molecule has 0 aliphatic rings. The Kier molecular flexibility index (Phi) is 5.18. The van der Waals surface area contributed by atoms with Gasteiger partial charge in [0, 0.05) is 21.4 Å². The number of aliphatic imine (C=N–C) groups is 1. The van der Waals surface area contributed by atoms with Gasteiger partial charge in [0.25, 0.3) is 0 Å². The molecule has 3 aromatic carbocycles. The average molecular weight is 379 g/mol. The van der Waals surface area contributed by atoms with Crippen LogP contribution in [-0.2, 0) is 4.79 Å². The summed E-state index contributed by atoms with van der Waals surface area (Å²) in [5, 5.41) is 3.33. The minimum absolute atomic E-state index is 0.386. The van der Waals surface area contributed by atoms with Crippen LogP contribution in [-0.4, -0.2) is 12.0 Å². The van der Waals surface area contributed by atoms with Crippen molar-refractivity contribution in [3.05, 3.63) is 88.9 Å². The maximum Gasteiger partial charge on any atom is 0.169 e. The van der Waals surface area contributed by atoms with Crippen LogP contribution in [0, 0.1) is 0 Å². The SMILES string of the molecule is O=CC(=Nc1ccc(Br)cc1)c1ccccc1Nc1ccccc1. The molecule has 0 aliphatic heterocycles. The van der Waals surface area contributed by atoms with Crippen molar-refractivity contribution in [2.24, 2.45) is 4.99 Å². The largest absolute Gasteiger partial charge is 0.355 e. The fraction of sp³-hybridized carbons (Fsp3) is 0. The van der Waals surface area contributed by atoms with E-state index in [-0.39, 0.29) is 0 Å². The lowest BCUT2D eigenvalue weighted by atomic mass is 10.1. The molecule has 3 nitrogen and oxygen atoms in total. The van der Waals surface area contributed by atoms with Gasteiger partial charge in [-0.25, -0.2) is 4.99 Å². The molecule has 24 heavy (non-hydrogen) atoms. The highest BCUT2D eigenvalue weighted by Gasteiger charge is 2.09. The van der Waals surface area contributed by atoms with Gasteiger partial charge in [-0.05, 0) is 42.5 Å². The molecule has 0 fully saturated rings. The van der Waals surface area contributed by atoms with E-state index in [9.17, 15) is 4.79 Å². The molecule has 0 amide bonds. The normalized spacial score (nSPS) is 11.1. The Balaban J connectivity index is 1.97. The van der Waals surface area contributed by atoms with Crippen LogP contribution in [0.15, 0.2) is 88.3 Å². The van der Waals surface area contributed by atoms with Crippen LogP contribution in [0.25, 0.3) is 0 Å². The van der Waals surface area contributed by atoms with Gasteiger partial charge in [-0.2, -0.15) is 0 Å². The topological polar surface area (TPSA) is 41.5 Å². The van der Waals surface area contributed by atoms with Crippen LogP contribution >= 0.6 is 15.9 Å². The molecule has 0 unspecified atom stereocenters. The molecule has 0 bridgehead atoms. The number of anilines is 2. The van der Waals surface area contributed by atoms with Gasteiger partial charge in [0.2, 0.25) is 0 Å². The van der Waals surface area contributed by atoms with Crippen LogP contribution in [0.5, 0.6) is 0 Å². The Morgan fingerprint density at radius 3 is 2.25 bits per heavy atom. The van der Waals surface area contributed by atoms with Crippen molar-refractivity contribution in [2.45, 2.75) is 0 Å². The minimum Gasteiger partial charge on any atom is -0.355 e. The van der Waals surface area contributed by atoms with E-state index in [1.165, 1.54) is 0 Å². The fourth-order valence-electron chi connectivity index (χ4n) is 2.30. The first-order valence-corrected chi connectivity index (χ1v) is 8.26. The lowest BCUT2D eigenvalue weighted by Crippen LogP contribution is -2.06. The third-order valence-corrected chi connectivity index (χ3v) is 3.97. The number of rotatable bonds is 5.